The second-order valence-corrected chi connectivity index (χ2v) is 3.88. The Kier molecular flexibility index (Phi) is 4.70. The molecule has 0 bridgehead atoms. The average molecular weight is 230 g/mol. The van der Waals surface area contributed by atoms with Gasteiger partial charge in [-0.1, -0.05) is 0 Å². The van der Waals surface area contributed by atoms with Crippen molar-refractivity contribution in [2.24, 2.45) is 11.7 Å². The standard InChI is InChI=1S/C10H18N2O4/c1-2-16-10(15)8(11)9(14)12-5-7(13)6-3-4-6/h6-8,13H,2-5,11H2,1H3,(H,12,14). The zero-order valence-corrected chi connectivity index (χ0v) is 9.31. The first-order valence-electron chi connectivity index (χ1n) is 5.44. The number of amides is 1. The monoisotopic (exact) mass is 230 g/mol. The molecule has 1 fully saturated rings. The van der Waals surface area contributed by atoms with E-state index in [0.717, 1.165) is 12.8 Å². The van der Waals surface area contributed by atoms with Gasteiger partial charge in [0.15, 0.2) is 6.04 Å². The molecule has 6 heteroatoms. The highest BCUT2D eigenvalue weighted by atomic mass is 16.5. The minimum atomic E-state index is -1.31. The van der Waals surface area contributed by atoms with E-state index in [1.54, 1.807) is 6.92 Å². The molecule has 1 rings (SSSR count). The SMILES string of the molecule is CCOC(=O)C(N)C(=O)NCC(O)C1CC1. The molecule has 0 saturated heterocycles. The second kappa shape index (κ2) is 5.81. The van der Waals surface area contributed by atoms with E-state index in [-0.39, 0.29) is 19.1 Å². The molecule has 2 atom stereocenters. The van der Waals surface area contributed by atoms with Crippen LogP contribution >= 0.6 is 0 Å². The van der Waals surface area contributed by atoms with Crippen LogP contribution in [-0.4, -0.2) is 42.3 Å². The highest BCUT2D eigenvalue weighted by molar-refractivity contribution is 6.01. The zero-order valence-electron chi connectivity index (χ0n) is 9.31. The molecule has 92 valence electrons. The van der Waals surface area contributed by atoms with Gasteiger partial charge in [0.05, 0.1) is 12.7 Å². The molecule has 0 aromatic heterocycles. The molecule has 4 N–H and O–H groups in total. The van der Waals surface area contributed by atoms with E-state index in [0.29, 0.717) is 0 Å². The largest absolute Gasteiger partial charge is 0.464 e. The number of esters is 1. The van der Waals surface area contributed by atoms with Crippen molar-refractivity contribution in [2.75, 3.05) is 13.2 Å². The summed E-state index contributed by atoms with van der Waals surface area (Å²) in [4.78, 5) is 22.5. The maximum Gasteiger partial charge on any atom is 0.332 e. The Balaban J connectivity index is 2.24. The molecule has 0 radical (unpaired) electrons. The van der Waals surface area contributed by atoms with Crippen molar-refractivity contribution in [3.8, 4) is 0 Å². The fourth-order valence-electron chi connectivity index (χ4n) is 1.30. The smallest absolute Gasteiger partial charge is 0.332 e. The minimum Gasteiger partial charge on any atom is -0.464 e. The summed E-state index contributed by atoms with van der Waals surface area (Å²) in [7, 11) is 0. The van der Waals surface area contributed by atoms with Gasteiger partial charge in [0.1, 0.15) is 0 Å². The van der Waals surface area contributed by atoms with Crippen molar-refractivity contribution in [2.45, 2.75) is 31.9 Å². The molecule has 0 aromatic carbocycles. The van der Waals surface area contributed by atoms with E-state index in [9.17, 15) is 14.7 Å². The van der Waals surface area contributed by atoms with Crippen molar-refractivity contribution < 1.29 is 19.4 Å². The van der Waals surface area contributed by atoms with E-state index < -0.39 is 24.0 Å². The molecule has 0 aromatic rings. The minimum absolute atomic E-state index is 0.136. The van der Waals surface area contributed by atoms with E-state index in [1.165, 1.54) is 0 Å². The van der Waals surface area contributed by atoms with Crippen LogP contribution in [-0.2, 0) is 14.3 Å². The normalized spacial score (nSPS) is 18.7. The molecule has 1 saturated carbocycles. The van der Waals surface area contributed by atoms with Crippen LogP contribution in [0.15, 0.2) is 0 Å². The number of rotatable bonds is 6. The van der Waals surface area contributed by atoms with Gasteiger partial charge in [-0.3, -0.25) is 4.79 Å². The fourth-order valence-corrected chi connectivity index (χ4v) is 1.30. The maximum atomic E-state index is 11.4. The van der Waals surface area contributed by atoms with E-state index in [4.69, 9.17) is 5.73 Å². The molecule has 1 aliphatic rings. The van der Waals surface area contributed by atoms with Gasteiger partial charge in [-0.2, -0.15) is 0 Å². The Morgan fingerprint density at radius 1 is 1.56 bits per heavy atom. The van der Waals surface area contributed by atoms with E-state index >= 15 is 0 Å². The molecule has 1 amide bonds. The topological polar surface area (TPSA) is 102 Å². The predicted octanol–water partition coefficient (Wildman–Crippen LogP) is -1.24. The molecule has 0 spiro atoms. The van der Waals surface area contributed by atoms with Crippen LogP contribution in [0.4, 0.5) is 0 Å². The summed E-state index contributed by atoms with van der Waals surface area (Å²) in [6.07, 6.45) is 1.43. The summed E-state index contributed by atoms with van der Waals surface area (Å²) < 4.78 is 4.60. The number of ether oxygens (including phenoxy) is 1. The van der Waals surface area contributed by atoms with Crippen LogP contribution < -0.4 is 11.1 Å². The molecule has 0 heterocycles. The van der Waals surface area contributed by atoms with Crippen molar-refractivity contribution in [1.82, 2.24) is 5.32 Å². The van der Waals surface area contributed by atoms with Gasteiger partial charge >= 0.3 is 5.97 Å². The molecule has 2 unspecified atom stereocenters. The maximum absolute atomic E-state index is 11.4. The molecule has 0 aliphatic heterocycles. The third-order valence-electron chi connectivity index (χ3n) is 2.47. The molecule has 1 aliphatic carbocycles. The van der Waals surface area contributed by atoms with E-state index in [2.05, 4.69) is 10.1 Å². The summed E-state index contributed by atoms with van der Waals surface area (Å²) in [6, 6.07) is -1.31. The summed E-state index contributed by atoms with van der Waals surface area (Å²) in [5.41, 5.74) is 5.36. The highest BCUT2D eigenvalue weighted by Gasteiger charge is 2.31. The number of hydrogen-bond acceptors (Lipinski definition) is 5. The lowest BCUT2D eigenvalue weighted by Crippen LogP contribution is -2.48. The number of carbonyl (C=O) groups excluding carboxylic acids is 2. The number of aliphatic hydroxyl groups excluding tert-OH is 1. The van der Waals surface area contributed by atoms with Gasteiger partial charge in [-0.05, 0) is 25.7 Å². The lowest BCUT2D eigenvalue weighted by Gasteiger charge is -2.13. The van der Waals surface area contributed by atoms with Crippen molar-refractivity contribution in [1.29, 1.82) is 0 Å². The first-order valence-corrected chi connectivity index (χ1v) is 5.44. The fraction of sp³-hybridized carbons (Fsp3) is 0.800. The van der Waals surface area contributed by atoms with Crippen molar-refractivity contribution >= 4 is 11.9 Å². The summed E-state index contributed by atoms with van der Waals surface area (Å²) in [5.74, 6) is -1.09. The third kappa shape index (κ3) is 3.79. The molecule has 16 heavy (non-hydrogen) atoms. The molecule has 6 nitrogen and oxygen atoms in total. The third-order valence-corrected chi connectivity index (χ3v) is 2.47. The number of nitrogens with two attached hydrogens (primary N) is 1. The zero-order chi connectivity index (χ0) is 12.1. The number of nitrogens with one attached hydrogen (secondary N) is 1. The van der Waals surface area contributed by atoms with Crippen LogP contribution in [0.5, 0.6) is 0 Å². The number of aliphatic hydroxyl groups is 1. The van der Waals surface area contributed by atoms with Gasteiger partial charge in [-0.15, -0.1) is 0 Å². The van der Waals surface area contributed by atoms with E-state index in [1.807, 2.05) is 0 Å². The summed E-state index contributed by atoms with van der Waals surface area (Å²) in [5, 5.41) is 11.9. The van der Waals surface area contributed by atoms with Gasteiger partial charge in [0, 0.05) is 6.54 Å². The lowest BCUT2D eigenvalue weighted by molar-refractivity contribution is -0.148. The Morgan fingerprint density at radius 2 is 2.19 bits per heavy atom. The average Bonchev–Trinajstić information content (AvgIpc) is 3.08. The van der Waals surface area contributed by atoms with Crippen LogP contribution in [0.1, 0.15) is 19.8 Å². The Bertz CT molecular complexity index is 266. The van der Waals surface area contributed by atoms with Crippen LogP contribution in [0.3, 0.4) is 0 Å². The summed E-state index contributed by atoms with van der Waals surface area (Å²) in [6.45, 7) is 1.96. The second-order valence-electron chi connectivity index (χ2n) is 3.88. The van der Waals surface area contributed by atoms with Crippen LogP contribution in [0.2, 0.25) is 0 Å². The van der Waals surface area contributed by atoms with Gasteiger partial charge in [0.2, 0.25) is 5.91 Å². The predicted molar refractivity (Wildman–Crippen MR) is 56.3 cm³/mol. The van der Waals surface area contributed by atoms with Crippen LogP contribution in [0.25, 0.3) is 0 Å². The number of hydrogen-bond donors (Lipinski definition) is 3. The Labute approximate surface area is 94.1 Å². The quantitative estimate of drug-likeness (QED) is 0.391. The van der Waals surface area contributed by atoms with Gasteiger partial charge in [-0.25, -0.2) is 4.79 Å². The Hall–Kier alpha value is -1.14. The van der Waals surface area contributed by atoms with Crippen LogP contribution in [0, 0.1) is 5.92 Å². The first kappa shape index (κ1) is 12.9. The molecular formula is C10H18N2O4. The number of carbonyl (C=O) groups is 2. The Morgan fingerprint density at radius 3 is 2.69 bits per heavy atom. The van der Waals surface area contributed by atoms with Crippen molar-refractivity contribution in [3.63, 3.8) is 0 Å². The van der Waals surface area contributed by atoms with Gasteiger partial charge in [0.25, 0.3) is 0 Å². The first-order chi connectivity index (χ1) is 7.56. The van der Waals surface area contributed by atoms with Gasteiger partial charge < -0.3 is 20.9 Å². The van der Waals surface area contributed by atoms with Crippen molar-refractivity contribution in [3.05, 3.63) is 0 Å². The lowest BCUT2D eigenvalue weighted by atomic mass is 10.2. The highest BCUT2D eigenvalue weighted by Crippen LogP contribution is 2.32. The summed E-state index contributed by atoms with van der Waals surface area (Å²) >= 11 is 0. The molecular weight excluding hydrogens is 212 g/mol.